The van der Waals surface area contributed by atoms with Crippen molar-refractivity contribution in [2.24, 2.45) is 0 Å². The molecule has 3 aromatic heterocycles. The van der Waals surface area contributed by atoms with Crippen LogP contribution in [0.4, 0.5) is 4.39 Å². The van der Waals surface area contributed by atoms with Crippen LogP contribution >= 0.6 is 0 Å². The van der Waals surface area contributed by atoms with Gasteiger partial charge in [0.15, 0.2) is 5.03 Å². The largest absolute Gasteiger partial charge is 0.381 e. The van der Waals surface area contributed by atoms with E-state index in [4.69, 9.17) is 4.74 Å². The molecule has 12 heteroatoms. The number of hydrogen-bond acceptors (Lipinski definition) is 7. The SMILES string of the molecule is O=C(NCc1ccc(S(=O)(=O)NC2CCOCC2)nc1)c1cncc2c1cnn2-c1ccc(F)cc1. The van der Waals surface area contributed by atoms with Crippen LogP contribution in [0, 0.1) is 5.82 Å². The first-order valence-electron chi connectivity index (χ1n) is 11.3. The lowest BCUT2D eigenvalue weighted by Crippen LogP contribution is -2.39. The Morgan fingerprint density at radius 1 is 1.06 bits per heavy atom. The summed E-state index contributed by atoms with van der Waals surface area (Å²) in [4.78, 5) is 21.1. The van der Waals surface area contributed by atoms with Crippen molar-refractivity contribution < 1.29 is 22.3 Å². The van der Waals surface area contributed by atoms with Gasteiger partial charge in [0, 0.05) is 43.6 Å². The molecule has 0 radical (unpaired) electrons. The first-order chi connectivity index (χ1) is 17.4. The second-order valence-electron chi connectivity index (χ2n) is 8.35. The van der Waals surface area contributed by atoms with E-state index in [9.17, 15) is 17.6 Å². The van der Waals surface area contributed by atoms with Gasteiger partial charge < -0.3 is 10.1 Å². The number of hydrogen-bond donors (Lipinski definition) is 2. The summed E-state index contributed by atoms with van der Waals surface area (Å²) in [5.74, 6) is -0.728. The summed E-state index contributed by atoms with van der Waals surface area (Å²) in [5.41, 5.74) is 2.20. The predicted molar refractivity (Wildman–Crippen MR) is 128 cm³/mol. The van der Waals surface area contributed by atoms with Gasteiger partial charge in [0.25, 0.3) is 15.9 Å². The molecule has 4 heterocycles. The summed E-state index contributed by atoms with van der Waals surface area (Å²) in [6.45, 7) is 1.19. The Kier molecular flexibility index (Phi) is 6.72. The lowest BCUT2D eigenvalue weighted by atomic mass is 10.1. The number of carbonyl (C=O) groups excluding carboxylic acids is 1. The second kappa shape index (κ2) is 10.1. The number of ether oxygens (including phenoxy) is 1. The number of rotatable bonds is 7. The summed E-state index contributed by atoms with van der Waals surface area (Å²) in [6.07, 6.45) is 7.25. The van der Waals surface area contributed by atoms with E-state index in [-0.39, 0.29) is 29.3 Å². The van der Waals surface area contributed by atoms with Gasteiger partial charge in [-0.25, -0.2) is 27.2 Å². The predicted octanol–water partition coefficient (Wildman–Crippen LogP) is 2.34. The van der Waals surface area contributed by atoms with Crippen molar-refractivity contribution in [2.45, 2.75) is 30.5 Å². The number of amides is 1. The molecule has 1 fully saturated rings. The maximum absolute atomic E-state index is 13.3. The van der Waals surface area contributed by atoms with Crippen molar-refractivity contribution in [3.05, 3.63) is 78.1 Å². The zero-order chi connectivity index (χ0) is 25.1. The van der Waals surface area contributed by atoms with E-state index in [1.165, 1.54) is 30.6 Å². The average Bonchev–Trinajstić information content (AvgIpc) is 3.33. The van der Waals surface area contributed by atoms with Gasteiger partial charge in [0.1, 0.15) is 5.82 Å². The molecule has 0 unspecified atom stereocenters. The van der Waals surface area contributed by atoms with Gasteiger partial charge in [-0.05, 0) is 48.7 Å². The van der Waals surface area contributed by atoms with Crippen molar-refractivity contribution in [3.63, 3.8) is 0 Å². The molecule has 1 saturated heterocycles. The van der Waals surface area contributed by atoms with E-state index in [1.807, 2.05) is 0 Å². The highest BCUT2D eigenvalue weighted by Crippen LogP contribution is 2.21. The maximum Gasteiger partial charge on any atom is 0.258 e. The van der Waals surface area contributed by atoms with Crippen molar-refractivity contribution >= 4 is 26.8 Å². The molecule has 0 bridgehead atoms. The molecule has 10 nitrogen and oxygen atoms in total. The summed E-state index contributed by atoms with van der Waals surface area (Å²) < 4.78 is 48.0. The molecule has 0 spiro atoms. The monoisotopic (exact) mass is 510 g/mol. The Hall–Kier alpha value is -3.74. The number of carbonyl (C=O) groups is 1. The molecule has 1 amide bonds. The number of nitrogens with zero attached hydrogens (tertiary/aromatic N) is 4. The van der Waals surface area contributed by atoms with Crippen LogP contribution in [0.25, 0.3) is 16.6 Å². The number of aromatic nitrogens is 4. The maximum atomic E-state index is 13.3. The Morgan fingerprint density at radius 2 is 1.83 bits per heavy atom. The van der Waals surface area contributed by atoms with E-state index in [0.29, 0.717) is 53.8 Å². The van der Waals surface area contributed by atoms with Crippen LogP contribution in [0.1, 0.15) is 28.8 Å². The van der Waals surface area contributed by atoms with Crippen molar-refractivity contribution in [3.8, 4) is 5.69 Å². The first kappa shape index (κ1) is 24.0. The standard InChI is InChI=1S/C24H23FN6O4S/c25-17-2-4-19(5-3-17)31-22-15-26-13-21(20(22)14-29-31)24(32)28-12-16-1-6-23(27-11-16)36(33,34)30-18-7-9-35-10-8-18/h1-6,11,13-15,18,30H,7-10,12H2,(H,28,32). The van der Waals surface area contributed by atoms with Gasteiger partial charge in [0.2, 0.25) is 0 Å². The topological polar surface area (TPSA) is 128 Å². The minimum Gasteiger partial charge on any atom is -0.381 e. The molecule has 0 aliphatic carbocycles. The normalized spacial score (nSPS) is 14.7. The number of nitrogens with one attached hydrogen (secondary N) is 2. The fourth-order valence-corrected chi connectivity index (χ4v) is 5.19. The van der Waals surface area contributed by atoms with Crippen LogP contribution < -0.4 is 10.0 Å². The zero-order valence-corrected chi connectivity index (χ0v) is 19.9. The summed E-state index contributed by atoms with van der Waals surface area (Å²) >= 11 is 0. The lowest BCUT2D eigenvalue weighted by molar-refractivity contribution is 0.0832. The molecular weight excluding hydrogens is 487 g/mol. The fourth-order valence-electron chi connectivity index (χ4n) is 3.96. The molecular formula is C24H23FN6O4S. The number of fused-ring (bicyclic) bond motifs is 1. The third-order valence-corrected chi connectivity index (χ3v) is 7.32. The summed E-state index contributed by atoms with van der Waals surface area (Å²) in [6, 6.07) is 8.69. The Labute approximate surface area is 206 Å². The molecule has 4 aromatic rings. The van der Waals surface area contributed by atoms with E-state index >= 15 is 0 Å². The van der Waals surface area contributed by atoms with Crippen LogP contribution in [0.2, 0.25) is 0 Å². The molecule has 2 N–H and O–H groups in total. The highest BCUT2D eigenvalue weighted by molar-refractivity contribution is 7.89. The Bertz CT molecular complexity index is 1480. The van der Waals surface area contributed by atoms with Gasteiger partial charge >= 0.3 is 0 Å². The molecule has 36 heavy (non-hydrogen) atoms. The van der Waals surface area contributed by atoms with E-state index < -0.39 is 10.0 Å². The van der Waals surface area contributed by atoms with Crippen molar-refractivity contribution in [2.75, 3.05) is 13.2 Å². The molecule has 5 rings (SSSR count). The number of halogens is 1. The Balaban J connectivity index is 1.26. The molecule has 186 valence electrons. The number of pyridine rings is 2. The quantitative estimate of drug-likeness (QED) is 0.391. The van der Waals surface area contributed by atoms with E-state index in [1.54, 1.807) is 35.3 Å². The third-order valence-electron chi connectivity index (χ3n) is 5.88. The number of benzene rings is 1. The fraction of sp³-hybridized carbons (Fsp3) is 0.250. The Morgan fingerprint density at radius 3 is 2.56 bits per heavy atom. The van der Waals surface area contributed by atoms with Crippen LogP contribution in [0.3, 0.4) is 0 Å². The molecule has 1 aliphatic heterocycles. The van der Waals surface area contributed by atoms with E-state index in [2.05, 4.69) is 25.1 Å². The molecule has 0 saturated carbocycles. The van der Waals surface area contributed by atoms with Gasteiger partial charge in [-0.2, -0.15) is 5.10 Å². The van der Waals surface area contributed by atoms with Crippen LogP contribution in [0.15, 0.2) is 66.2 Å². The first-order valence-corrected chi connectivity index (χ1v) is 12.8. The van der Waals surface area contributed by atoms with Crippen LogP contribution in [-0.4, -0.2) is 53.3 Å². The summed E-state index contributed by atoms with van der Waals surface area (Å²) in [7, 11) is -3.74. The minimum atomic E-state index is -3.74. The van der Waals surface area contributed by atoms with Crippen molar-refractivity contribution in [1.82, 2.24) is 29.8 Å². The summed E-state index contributed by atoms with van der Waals surface area (Å²) in [5, 5.41) is 7.64. The zero-order valence-electron chi connectivity index (χ0n) is 19.1. The van der Waals surface area contributed by atoms with Crippen LogP contribution in [0.5, 0.6) is 0 Å². The third kappa shape index (κ3) is 5.10. The molecule has 0 atom stereocenters. The van der Waals surface area contributed by atoms with E-state index in [0.717, 1.165) is 0 Å². The van der Waals surface area contributed by atoms with Crippen LogP contribution in [-0.2, 0) is 21.3 Å². The highest BCUT2D eigenvalue weighted by atomic mass is 32.2. The van der Waals surface area contributed by atoms with Crippen molar-refractivity contribution in [1.29, 1.82) is 0 Å². The van der Waals surface area contributed by atoms with Gasteiger partial charge in [0.05, 0.1) is 29.2 Å². The average molecular weight is 511 g/mol. The lowest BCUT2D eigenvalue weighted by Gasteiger charge is -2.22. The number of sulfonamides is 1. The van der Waals surface area contributed by atoms with Gasteiger partial charge in [-0.3, -0.25) is 9.78 Å². The highest BCUT2D eigenvalue weighted by Gasteiger charge is 2.23. The molecule has 1 aliphatic rings. The van der Waals surface area contributed by atoms with Gasteiger partial charge in [-0.1, -0.05) is 6.07 Å². The van der Waals surface area contributed by atoms with Gasteiger partial charge in [-0.15, -0.1) is 0 Å². The minimum absolute atomic E-state index is 0.0776. The smallest absolute Gasteiger partial charge is 0.258 e. The second-order valence-corrected chi connectivity index (χ2v) is 10.0. The molecule has 1 aromatic carbocycles.